The number of aliphatic imine (C=N–C) groups is 1. The first-order valence-electron chi connectivity index (χ1n) is 6.81. The molecule has 1 fully saturated rings. The maximum atomic E-state index is 5.81. The number of nitrogens with two attached hydrogens (primary N) is 1. The summed E-state index contributed by atoms with van der Waals surface area (Å²) in [5.74, 6) is 0.560. The first-order chi connectivity index (χ1) is 8.22. The Morgan fingerprint density at radius 2 is 2.12 bits per heavy atom. The van der Waals surface area contributed by atoms with Gasteiger partial charge >= 0.3 is 0 Å². The second-order valence-corrected chi connectivity index (χ2v) is 4.93. The van der Waals surface area contributed by atoms with Gasteiger partial charge in [-0.2, -0.15) is 0 Å². The van der Waals surface area contributed by atoms with Crippen molar-refractivity contribution >= 4 is 5.96 Å². The van der Waals surface area contributed by atoms with Crippen LogP contribution in [0.1, 0.15) is 51.9 Å². The third-order valence-electron chi connectivity index (χ3n) is 3.57. The van der Waals surface area contributed by atoms with Crippen LogP contribution in [0.3, 0.4) is 0 Å². The Hall–Kier alpha value is -0.770. The fourth-order valence-corrected chi connectivity index (χ4v) is 2.05. The Balaban J connectivity index is 2.11. The maximum Gasteiger partial charge on any atom is 0.188 e. The van der Waals surface area contributed by atoms with Crippen LogP contribution in [0.25, 0.3) is 0 Å². The molecule has 0 spiro atoms. The summed E-state index contributed by atoms with van der Waals surface area (Å²) >= 11 is 0. The summed E-state index contributed by atoms with van der Waals surface area (Å²) in [6, 6.07) is 0. The lowest BCUT2D eigenvalue weighted by Gasteiger charge is -2.39. The Bertz CT molecular complexity index is 231. The minimum atomic E-state index is -0.0193. The number of nitrogens with one attached hydrogen (secondary N) is 1. The van der Waals surface area contributed by atoms with Crippen molar-refractivity contribution in [1.29, 1.82) is 0 Å². The summed E-state index contributed by atoms with van der Waals surface area (Å²) in [5, 5.41) is 3.16. The molecular formula is C13H27N3O. The number of unbranched alkanes of at least 4 members (excludes halogenated alkanes) is 3. The van der Waals surface area contributed by atoms with Crippen LogP contribution in [-0.4, -0.2) is 31.8 Å². The van der Waals surface area contributed by atoms with Crippen LogP contribution >= 0.6 is 0 Å². The van der Waals surface area contributed by atoms with Crippen molar-refractivity contribution in [2.45, 2.75) is 57.5 Å². The monoisotopic (exact) mass is 241 g/mol. The fourth-order valence-electron chi connectivity index (χ4n) is 2.05. The zero-order valence-electron chi connectivity index (χ0n) is 11.3. The zero-order chi connectivity index (χ0) is 12.6. The Morgan fingerprint density at radius 1 is 1.35 bits per heavy atom. The molecular weight excluding hydrogens is 214 g/mol. The van der Waals surface area contributed by atoms with Crippen molar-refractivity contribution in [2.75, 3.05) is 20.2 Å². The molecule has 0 amide bonds. The summed E-state index contributed by atoms with van der Waals surface area (Å²) in [7, 11) is 1.77. The van der Waals surface area contributed by atoms with E-state index in [2.05, 4.69) is 17.2 Å². The lowest BCUT2D eigenvalue weighted by molar-refractivity contribution is -0.0630. The minimum Gasteiger partial charge on any atom is -0.376 e. The highest BCUT2D eigenvalue weighted by Crippen LogP contribution is 2.35. The second-order valence-electron chi connectivity index (χ2n) is 4.93. The molecule has 4 nitrogen and oxygen atoms in total. The minimum absolute atomic E-state index is 0.0193. The van der Waals surface area contributed by atoms with Gasteiger partial charge < -0.3 is 15.8 Å². The molecule has 1 rings (SSSR count). The summed E-state index contributed by atoms with van der Waals surface area (Å²) in [4.78, 5) is 4.37. The first kappa shape index (κ1) is 14.3. The van der Waals surface area contributed by atoms with Gasteiger partial charge in [-0.05, 0) is 25.7 Å². The molecule has 3 N–H and O–H groups in total. The van der Waals surface area contributed by atoms with E-state index < -0.39 is 0 Å². The topological polar surface area (TPSA) is 59.6 Å². The maximum absolute atomic E-state index is 5.81. The molecule has 0 atom stereocenters. The summed E-state index contributed by atoms with van der Waals surface area (Å²) < 4.78 is 5.49. The third kappa shape index (κ3) is 4.94. The standard InChI is InChI=1S/C13H27N3O/c1-3-4-5-6-10-15-12(14)16-11-13(17-2)8-7-9-13/h3-11H2,1-2H3,(H3,14,15,16). The van der Waals surface area contributed by atoms with Crippen molar-refractivity contribution < 1.29 is 4.74 Å². The molecule has 0 heterocycles. The van der Waals surface area contributed by atoms with E-state index in [1.54, 1.807) is 7.11 Å². The SMILES string of the molecule is CCCCCCNC(N)=NCC1(OC)CCC1. The highest BCUT2D eigenvalue weighted by Gasteiger charge is 2.36. The molecule has 0 radical (unpaired) electrons. The van der Waals surface area contributed by atoms with Crippen molar-refractivity contribution in [1.82, 2.24) is 5.32 Å². The quantitative estimate of drug-likeness (QED) is 0.388. The number of nitrogens with zero attached hydrogens (tertiary/aromatic N) is 1. The fraction of sp³-hybridized carbons (Fsp3) is 0.923. The van der Waals surface area contributed by atoms with E-state index in [9.17, 15) is 0 Å². The van der Waals surface area contributed by atoms with Gasteiger partial charge in [0.2, 0.25) is 0 Å². The van der Waals surface area contributed by atoms with E-state index >= 15 is 0 Å². The van der Waals surface area contributed by atoms with Gasteiger partial charge in [-0.15, -0.1) is 0 Å². The van der Waals surface area contributed by atoms with E-state index in [1.165, 1.54) is 32.1 Å². The molecule has 100 valence electrons. The van der Waals surface area contributed by atoms with E-state index in [-0.39, 0.29) is 5.60 Å². The van der Waals surface area contributed by atoms with Gasteiger partial charge in [-0.1, -0.05) is 26.2 Å². The van der Waals surface area contributed by atoms with Crippen LogP contribution in [0.4, 0.5) is 0 Å². The predicted octanol–water partition coefficient (Wildman–Crippen LogP) is 2.04. The zero-order valence-corrected chi connectivity index (χ0v) is 11.3. The molecule has 0 aliphatic heterocycles. The molecule has 0 aromatic rings. The lowest BCUT2D eigenvalue weighted by atomic mass is 9.80. The average molecular weight is 241 g/mol. The van der Waals surface area contributed by atoms with Gasteiger partial charge in [0.25, 0.3) is 0 Å². The van der Waals surface area contributed by atoms with Crippen LogP contribution in [0, 0.1) is 0 Å². The average Bonchev–Trinajstić information content (AvgIpc) is 2.28. The molecule has 0 aromatic carbocycles. The van der Waals surface area contributed by atoms with Crippen molar-refractivity contribution in [3.05, 3.63) is 0 Å². The largest absolute Gasteiger partial charge is 0.376 e. The van der Waals surface area contributed by atoms with E-state index in [0.717, 1.165) is 19.4 Å². The molecule has 0 saturated heterocycles. The van der Waals surface area contributed by atoms with Crippen LogP contribution in [0.5, 0.6) is 0 Å². The normalized spacial score (nSPS) is 18.8. The summed E-state index contributed by atoms with van der Waals surface area (Å²) in [5.41, 5.74) is 5.79. The number of ether oxygens (including phenoxy) is 1. The van der Waals surface area contributed by atoms with Gasteiger partial charge in [-0.25, -0.2) is 0 Å². The molecule has 0 unspecified atom stereocenters. The number of hydrogen-bond donors (Lipinski definition) is 2. The molecule has 1 aliphatic rings. The highest BCUT2D eigenvalue weighted by atomic mass is 16.5. The van der Waals surface area contributed by atoms with Crippen LogP contribution in [-0.2, 0) is 4.74 Å². The van der Waals surface area contributed by atoms with Crippen molar-refractivity contribution in [3.8, 4) is 0 Å². The predicted molar refractivity (Wildman–Crippen MR) is 72.2 cm³/mol. The number of hydrogen-bond acceptors (Lipinski definition) is 2. The highest BCUT2D eigenvalue weighted by molar-refractivity contribution is 5.77. The first-order valence-corrected chi connectivity index (χ1v) is 6.81. The van der Waals surface area contributed by atoms with E-state index in [4.69, 9.17) is 10.5 Å². The van der Waals surface area contributed by atoms with E-state index in [0.29, 0.717) is 12.5 Å². The van der Waals surface area contributed by atoms with Gasteiger partial charge in [0.1, 0.15) is 0 Å². The van der Waals surface area contributed by atoms with Gasteiger partial charge in [-0.3, -0.25) is 4.99 Å². The molecule has 0 bridgehead atoms. The van der Waals surface area contributed by atoms with Crippen LogP contribution in [0.15, 0.2) is 4.99 Å². The summed E-state index contributed by atoms with van der Waals surface area (Å²) in [6.07, 6.45) is 8.45. The number of guanidine groups is 1. The van der Waals surface area contributed by atoms with E-state index in [1.807, 2.05) is 0 Å². The molecule has 17 heavy (non-hydrogen) atoms. The van der Waals surface area contributed by atoms with Crippen molar-refractivity contribution in [3.63, 3.8) is 0 Å². The van der Waals surface area contributed by atoms with Crippen LogP contribution in [0.2, 0.25) is 0 Å². The molecule has 1 aliphatic carbocycles. The summed E-state index contributed by atoms with van der Waals surface area (Å²) in [6.45, 7) is 3.83. The third-order valence-corrected chi connectivity index (χ3v) is 3.57. The Kier molecular flexibility index (Phi) is 6.34. The Morgan fingerprint density at radius 3 is 2.65 bits per heavy atom. The number of rotatable bonds is 8. The van der Waals surface area contributed by atoms with Crippen molar-refractivity contribution in [2.24, 2.45) is 10.7 Å². The van der Waals surface area contributed by atoms with Gasteiger partial charge in [0.15, 0.2) is 5.96 Å². The number of methoxy groups -OCH3 is 1. The van der Waals surface area contributed by atoms with Gasteiger partial charge in [0.05, 0.1) is 12.1 Å². The second kappa shape index (κ2) is 7.54. The van der Waals surface area contributed by atoms with Gasteiger partial charge in [0, 0.05) is 13.7 Å². The molecule has 0 aromatic heterocycles. The molecule has 1 saturated carbocycles. The Labute approximate surface area is 105 Å². The molecule has 4 heteroatoms. The lowest BCUT2D eigenvalue weighted by Crippen LogP contribution is -2.43. The smallest absolute Gasteiger partial charge is 0.188 e. The van der Waals surface area contributed by atoms with Crippen LogP contribution < -0.4 is 11.1 Å².